The van der Waals surface area contributed by atoms with E-state index in [0.29, 0.717) is 6.04 Å². The van der Waals surface area contributed by atoms with Crippen LogP contribution in [0, 0.1) is 0 Å². The SMILES string of the molecule is CC1(C)CN(c2cccc(Cl)c2)C(c2ccccc2)CN1. The molecule has 110 valence electrons. The van der Waals surface area contributed by atoms with Crippen LogP contribution in [0.5, 0.6) is 0 Å². The van der Waals surface area contributed by atoms with E-state index in [0.717, 1.165) is 18.1 Å². The van der Waals surface area contributed by atoms with Gasteiger partial charge >= 0.3 is 0 Å². The predicted molar refractivity (Wildman–Crippen MR) is 90.1 cm³/mol. The van der Waals surface area contributed by atoms with Crippen molar-refractivity contribution in [1.29, 1.82) is 0 Å². The largest absolute Gasteiger partial charge is 0.361 e. The first kappa shape index (κ1) is 14.4. The van der Waals surface area contributed by atoms with Gasteiger partial charge in [-0.25, -0.2) is 0 Å². The summed E-state index contributed by atoms with van der Waals surface area (Å²) >= 11 is 6.19. The molecule has 3 heteroatoms. The topological polar surface area (TPSA) is 15.3 Å². The number of rotatable bonds is 2. The molecule has 1 atom stereocenters. The highest BCUT2D eigenvalue weighted by Crippen LogP contribution is 2.33. The lowest BCUT2D eigenvalue weighted by atomic mass is 9.94. The second-order valence-corrected chi connectivity index (χ2v) is 6.74. The summed E-state index contributed by atoms with van der Waals surface area (Å²) in [5.41, 5.74) is 2.61. The van der Waals surface area contributed by atoms with Crippen molar-refractivity contribution in [3.63, 3.8) is 0 Å². The molecule has 0 amide bonds. The quantitative estimate of drug-likeness (QED) is 0.891. The van der Waals surface area contributed by atoms with Gasteiger partial charge in [0.05, 0.1) is 6.04 Å². The fourth-order valence-corrected chi connectivity index (χ4v) is 3.16. The van der Waals surface area contributed by atoms with Crippen LogP contribution >= 0.6 is 11.6 Å². The maximum Gasteiger partial charge on any atom is 0.0668 e. The highest BCUT2D eigenvalue weighted by Gasteiger charge is 2.33. The minimum Gasteiger partial charge on any atom is -0.361 e. The zero-order chi connectivity index (χ0) is 14.9. The van der Waals surface area contributed by atoms with Gasteiger partial charge in [-0.1, -0.05) is 48.0 Å². The van der Waals surface area contributed by atoms with E-state index >= 15 is 0 Å². The highest BCUT2D eigenvalue weighted by atomic mass is 35.5. The van der Waals surface area contributed by atoms with E-state index in [2.05, 4.69) is 66.5 Å². The van der Waals surface area contributed by atoms with E-state index < -0.39 is 0 Å². The number of hydrogen-bond donors (Lipinski definition) is 1. The Morgan fingerprint density at radius 2 is 1.86 bits per heavy atom. The molecule has 0 saturated carbocycles. The standard InChI is InChI=1S/C18H21ClN2/c1-18(2)13-21(16-10-6-9-15(19)11-16)17(12-20-18)14-7-4-3-5-8-14/h3-11,17,20H,12-13H2,1-2H3. The second kappa shape index (κ2) is 5.70. The van der Waals surface area contributed by atoms with Gasteiger partial charge in [0, 0.05) is 29.3 Å². The molecule has 0 spiro atoms. The molecule has 1 N–H and O–H groups in total. The Morgan fingerprint density at radius 3 is 2.57 bits per heavy atom. The average molecular weight is 301 g/mol. The van der Waals surface area contributed by atoms with E-state index in [1.165, 1.54) is 11.3 Å². The van der Waals surface area contributed by atoms with Gasteiger partial charge in [-0.2, -0.15) is 0 Å². The maximum atomic E-state index is 6.19. The molecule has 1 aliphatic heterocycles. The van der Waals surface area contributed by atoms with Crippen LogP contribution < -0.4 is 10.2 Å². The summed E-state index contributed by atoms with van der Waals surface area (Å²) in [6.07, 6.45) is 0. The van der Waals surface area contributed by atoms with Crippen LogP contribution in [0.4, 0.5) is 5.69 Å². The summed E-state index contributed by atoms with van der Waals surface area (Å²) in [6, 6.07) is 19.1. The number of nitrogens with zero attached hydrogens (tertiary/aromatic N) is 1. The summed E-state index contributed by atoms with van der Waals surface area (Å²) in [5.74, 6) is 0. The van der Waals surface area contributed by atoms with Crippen molar-refractivity contribution >= 4 is 17.3 Å². The fraction of sp³-hybridized carbons (Fsp3) is 0.333. The van der Waals surface area contributed by atoms with E-state index in [4.69, 9.17) is 11.6 Å². The van der Waals surface area contributed by atoms with Gasteiger partial charge < -0.3 is 10.2 Å². The van der Waals surface area contributed by atoms with Crippen LogP contribution in [0.2, 0.25) is 5.02 Å². The van der Waals surface area contributed by atoms with Gasteiger partial charge in [-0.05, 0) is 37.6 Å². The van der Waals surface area contributed by atoms with Crippen LogP contribution in [0.15, 0.2) is 54.6 Å². The lowest BCUT2D eigenvalue weighted by Gasteiger charge is -2.46. The molecule has 21 heavy (non-hydrogen) atoms. The number of piperazine rings is 1. The molecule has 3 rings (SSSR count). The Morgan fingerprint density at radius 1 is 1.10 bits per heavy atom. The highest BCUT2D eigenvalue weighted by molar-refractivity contribution is 6.30. The molecular formula is C18H21ClN2. The number of nitrogens with one attached hydrogen (secondary N) is 1. The first-order valence-electron chi connectivity index (χ1n) is 7.37. The summed E-state index contributed by atoms with van der Waals surface area (Å²) < 4.78 is 0. The molecule has 1 fully saturated rings. The summed E-state index contributed by atoms with van der Waals surface area (Å²) in [5, 5.41) is 4.43. The molecule has 1 heterocycles. The normalized spacial score (nSPS) is 21.3. The van der Waals surface area contributed by atoms with Gasteiger partial charge in [-0.3, -0.25) is 0 Å². The first-order valence-corrected chi connectivity index (χ1v) is 7.75. The van der Waals surface area contributed by atoms with Crippen LogP contribution in [-0.4, -0.2) is 18.6 Å². The minimum absolute atomic E-state index is 0.0909. The van der Waals surface area contributed by atoms with Crippen LogP contribution in [0.1, 0.15) is 25.5 Å². The van der Waals surface area contributed by atoms with E-state index in [1.54, 1.807) is 0 Å². The van der Waals surface area contributed by atoms with E-state index in [9.17, 15) is 0 Å². The van der Waals surface area contributed by atoms with Gasteiger partial charge in [0.25, 0.3) is 0 Å². The molecule has 0 aliphatic carbocycles. The lowest BCUT2D eigenvalue weighted by molar-refractivity contribution is 0.312. The van der Waals surface area contributed by atoms with Crippen molar-refractivity contribution in [2.45, 2.75) is 25.4 Å². The zero-order valence-electron chi connectivity index (χ0n) is 12.5. The molecular weight excluding hydrogens is 280 g/mol. The van der Waals surface area contributed by atoms with Gasteiger partial charge in [-0.15, -0.1) is 0 Å². The Bertz CT molecular complexity index is 610. The fourth-order valence-electron chi connectivity index (χ4n) is 2.97. The van der Waals surface area contributed by atoms with Crippen LogP contribution in [0.3, 0.4) is 0 Å². The number of halogens is 1. The predicted octanol–water partition coefficient (Wildman–Crippen LogP) is 4.27. The summed E-state index contributed by atoms with van der Waals surface area (Å²) in [4.78, 5) is 2.46. The Labute approximate surface area is 131 Å². The molecule has 0 radical (unpaired) electrons. The molecule has 0 aromatic heterocycles. The molecule has 2 aromatic carbocycles. The van der Waals surface area contributed by atoms with Crippen molar-refractivity contribution in [2.75, 3.05) is 18.0 Å². The molecule has 2 aromatic rings. The molecule has 0 bridgehead atoms. The third-order valence-electron chi connectivity index (χ3n) is 4.04. The summed E-state index contributed by atoms with van der Waals surface area (Å²) in [7, 11) is 0. The van der Waals surface area contributed by atoms with Crippen molar-refractivity contribution in [3.8, 4) is 0 Å². The molecule has 2 nitrogen and oxygen atoms in total. The third-order valence-corrected chi connectivity index (χ3v) is 4.28. The first-order chi connectivity index (χ1) is 10.1. The smallest absolute Gasteiger partial charge is 0.0668 e. The Hall–Kier alpha value is -1.51. The van der Waals surface area contributed by atoms with Crippen molar-refractivity contribution in [3.05, 3.63) is 65.2 Å². The third kappa shape index (κ3) is 3.22. The van der Waals surface area contributed by atoms with Crippen LogP contribution in [-0.2, 0) is 0 Å². The number of anilines is 1. The van der Waals surface area contributed by atoms with Gasteiger partial charge in [0.15, 0.2) is 0 Å². The van der Waals surface area contributed by atoms with Crippen molar-refractivity contribution in [1.82, 2.24) is 5.32 Å². The monoisotopic (exact) mass is 300 g/mol. The van der Waals surface area contributed by atoms with E-state index in [1.807, 2.05) is 12.1 Å². The van der Waals surface area contributed by atoms with Crippen LogP contribution in [0.25, 0.3) is 0 Å². The second-order valence-electron chi connectivity index (χ2n) is 6.30. The number of hydrogen-bond acceptors (Lipinski definition) is 2. The van der Waals surface area contributed by atoms with Gasteiger partial charge in [0.2, 0.25) is 0 Å². The minimum atomic E-state index is 0.0909. The average Bonchev–Trinajstić information content (AvgIpc) is 2.47. The Kier molecular flexibility index (Phi) is 3.92. The molecule has 1 saturated heterocycles. The van der Waals surface area contributed by atoms with E-state index in [-0.39, 0.29) is 5.54 Å². The summed E-state index contributed by atoms with van der Waals surface area (Å²) in [6.45, 7) is 6.37. The Balaban J connectivity index is 1.98. The maximum absolute atomic E-state index is 6.19. The van der Waals surface area contributed by atoms with Crippen molar-refractivity contribution in [2.24, 2.45) is 0 Å². The molecule has 1 unspecified atom stereocenters. The lowest BCUT2D eigenvalue weighted by Crippen LogP contribution is -2.58. The number of benzene rings is 2. The van der Waals surface area contributed by atoms with Crippen molar-refractivity contribution < 1.29 is 0 Å². The van der Waals surface area contributed by atoms with Gasteiger partial charge in [0.1, 0.15) is 0 Å². The zero-order valence-corrected chi connectivity index (χ0v) is 13.3. The molecule has 1 aliphatic rings.